The van der Waals surface area contributed by atoms with Gasteiger partial charge in [0.2, 0.25) is 0 Å². The molecule has 0 bridgehead atoms. The van der Waals surface area contributed by atoms with E-state index in [1.807, 2.05) is 0 Å². The molecule has 0 radical (unpaired) electrons. The summed E-state index contributed by atoms with van der Waals surface area (Å²) in [5, 5.41) is 0. The summed E-state index contributed by atoms with van der Waals surface area (Å²) in [6, 6.07) is 0. The van der Waals surface area contributed by atoms with Crippen LogP contribution in [-0.4, -0.2) is 28.5 Å². The molecule has 14 heavy (non-hydrogen) atoms. The van der Waals surface area contributed by atoms with E-state index >= 15 is 0 Å². The Labute approximate surface area is 82.9 Å². The van der Waals surface area contributed by atoms with Gasteiger partial charge in [-0.05, 0) is 19.8 Å². The minimum absolute atomic E-state index is 0.169. The zero-order valence-electron chi connectivity index (χ0n) is 8.10. The number of hydrogen-bond acceptors (Lipinski definition) is 3. The Morgan fingerprint density at radius 3 is 2.43 bits per heavy atom. The molecule has 0 unspecified atom stereocenters. The van der Waals surface area contributed by atoms with Gasteiger partial charge in [0.1, 0.15) is 0 Å². The van der Waals surface area contributed by atoms with Crippen LogP contribution in [0.4, 0.5) is 0 Å². The molecule has 0 aliphatic carbocycles. The molecule has 0 rings (SSSR count). The van der Waals surface area contributed by atoms with Crippen LogP contribution in [0.3, 0.4) is 0 Å². The molecule has 0 heterocycles. The third kappa shape index (κ3) is 7.98. The summed E-state index contributed by atoms with van der Waals surface area (Å²) in [5.41, 5.74) is 0.319. The molecule has 0 aromatic carbocycles. The summed E-state index contributed by atoms with van der Waals surface area (Å²) in [5.74, 6) is -0.471. The average Bonchev–Trinajstić information content (AvgIpc) is 2.01. The van der Waals surface area contributed by atoms with E-state index in [1.54, 1.807) is 0 Å². The van der Waals surface area contributed by atoms with Gasteiger partial charge in [-0.1, -0.05) is 6.58 Å². The molecular formula is C8H15O5P. The predicted octanol–water partition coefficient (Wildman–Crippen LogP) is 1.06. The lowest BCUT2D eigenvalue weighted by Crippen LogP contribution is -2.06. The van der Waals surface area contributed by atoms with Gasteiger partial charge in [-0.15, -0.1) is 0 Å². The maximum Gasteiger partial charge on any atom is 0.333 e. The zero-order valence-corrected chi connectivity index (χ0v) is 9.00. The monoisotopic (exact) mass is 222 g/mol. The first kappa shape index (κ1) is 13.4. The number of unbranched alkanes of at least 4 members (excludes halogenated alkanes) is 1. The lowest BCUT2D eigenvalue weighted by Gasteiger charge is -2.05. The van der Waals surface area contributed by atoms with E-state index in [-0.39, 0.29) is 12.8 Å². The standard InChI is InChI=1S/C8H15O5P/c1-7(2)8(9)13-5-3-4-6-14(10,11)12/h1,3-6H2,2H3,(H2,10,11,12). The largest absolute Gasteiger partial charge is 0.462 e. The molecule has 0 aromatic heterocycles. The second-order valence-corrected chi connectivity index (χ2v) is 4.79. The number of rotatable bonds is 6. The maximum atomic E-state index is 10.8. The Morgan fingerprint density at radius 1 is 1.43 bits per heavy atom. The predicted molar refractivity (Wildman–Crippen MR) is 51.9 cm³/mol. The summed E-state index contributed by atoms with van der Waals surface area (Å²) in [6.07, 6.45) is 0.621. The second kappa shape index (κ2) is 5.96. The smallest absolute Gasteiger partial charge is 0.333 e. The fourth-order valence-corrected chi connectivity index (χ4v) is 1.34. The topological polar surface area (TPSA) is 83.8 Å². The van der Waals surface area contributed by atoms with E-state index in [0.717, 1.165) is 0 Å². The SMILES string of the molecule is C=C(C)C(=O)OCCCCP(=O)(O)O. The van der Waals surface area contributed by atoms with E-state index in [0.29, 0.717) is 18.4 Å². The van der Waals surface area contributed by atoms with Crippen molar-refractivity contribution in [3.05, 3.63) is 12.2 Å². The molecule has 0 amide bonds. The molecule has 0 saturated carbocycles. The highest BCUT2D eigenvalue weighted by Crippen LogP contribution is 2.35. The molecule has 5 nitrogen and oxygen atoms in total. The van der Waals surface area contributed by atoms with Crippen molar-refractivity contribution in [2.75, 3.05) is 12.8 Å². The van der Waals surface area contributed by atoms with Crippen molar-refractivity contribution >= 4 is 13.6 Å². The third-order valence-electron chi connectivity index (χ3n) is 1.43. The highest BCUT2D eigenvalue weighted by atomic mass is 31.2. The molecular weight excluding hydrogens is 207 g/mol. The van der Waals surface area contributed by atoms with Crippen LogP contribution in [0.2, 0.25) is 0 Å². The summed E-state index contributed by atoms with van der Waals surface area (Å²) < 4.78 is 15.1. The van der Waals surface area contributed by atoms with Crippen LogP contribution in [-0.2, 0) is 14.1 Å². The fourth-order valence-electron chi connectivity index (χ4n) is 0.708. The Morgan fingerprint density at radius 2 is 2.00 bits per heavy atom. The van der Waals surface area contributed by atoms with Crippen molar-refractivity contribution in [1.82, 2.24) is 0 Å². The first-order valence-corrected chi connectivity index (χ1v) is 6.00. The lowest BCUT2D eigenvalue weighted by atomic mass is 10.3. The number of carbonyl (C=O) groups excluding carboxylic acids is 1. The maximum absolute atomic E-state index is 10.8. The molecule has 6 heteroatoms. The van der Waals surface area contributed by atoms with Gasteiger partial charge in [-0.25, -0.2) is 4.79 Å². The lowest BCUT2D eigenvalue weighted by molar-refractivity contribution is -0.139. The minimum atomic E-state index is -3.91. The average molecular weight is 222 g/mol. The van der Waals surface area contributed by atoms with Gasteiger partial charge in [-0.3, -0.25) is 4.57 Å². The van der Waals surface area contributed by atoms with Crippen LogP contribution >= 0.6 is 7.60 Å². The van der Waals surface area contributed by atoms with Crippen LogP contribution in [0.25, 0.3) is 0 Å². The van der Waals surface area contributed by atoms with Crippen molar-refractivity contribution in [2.24, 2.45) is 0 Å². The van der Waals surface area contributed by atoms with Crippen LogP contribution in [0.5, 0.6) is 0 Å². The first-order valence-electron chi connectivity index (χ1n) is 4.20. The van der Waals surface area contributed by atoms with Crippen LogP contribution in [0.1, 0.15) is 19.8 Å². The van der Waals surface area contributed by atoms with E-state index in [2.05, 4.69) is 6.58 Å². The van der Waals surface area contributed by atoms with Crippen LogP contribution in [0, 0.1) is 0 Å². The van der Waals surface area contributed by atoms with E-state index in [1.165, 1.54) is 6.92 Å². The second-order valence-electron chi connectivity index (χ2n) is 3.01. The summed E-state index contributed by atoms with van der Waals surface area (Å²) in [4.78, 5) is 27.8. The van der Waals surface area contributed by atoms with E-state index in [9.17, 15) is 9.36 Å². The van der Waals surface area contributed by atoms with Crippen molar-refractivity contribution in [3.8, 4) is 0 Å². The zero-order chi connectivity index (χ0) is 11.2. The van der Waals surface area contributed by atoms with Crippen LogP contribution < -0.4 is 0 Å². The number of esters is 1. The number of carbonyl (C=O) groups is 1. The molecule has 2 N–H and O–H groups in total. The first-order chi connectivity index (χ1) is 6.33. The fraction of sp³-hybridized carbons (Fsp3) is 0.625. The molecule has 0 aliphatic heterocycles. The molecule has 0 fully saturated rings. The Hall–Kier alpha value is -0.640. The van der Waals surface area contributed by atoms with Gasteiger partial charge in [0.25, 0.3) is 0 Å². The molecule has 0 spiro atoms. The van der Waals surface area contributed by atoms with Gasteiger partial charge < -0.3 is 14.5 Å². The van der Waals surface area contributed by atoms with Gasteiger partial charge in [0, 0.05) is 11.7 Å². The number of hydrogen-bond donors (Lipinski definition) is 2. The van der Waals surface area contributed by atoms with Crippen molar-refractivity contribution < 1.29 is 23.9 Å². The van der Waals surface area contributed by atoms with Crippen LogP contribution in [0.15, 0.2) is 12.2 Å². The van der Waals surface area contributed by atoms with Crippen molar-refractivity contribution in [1.29, 1.82) is 0 Å². The molecule has 0 atom stereocenters. The molecule has 82 valence electrons. The Bertz CT molecular complexity index is 254. The Balaban J connectivity index is 3.44. The quantitative estimate of drug-likeness (QED) is 0.304. The van der Waals surface area contributed by atoms with E-state index in [4.69, 9.17) is 14.5 Å². The normalized spacial score (nSPS) is 11.1. The number of ether oxygens (including phenoxy) is 1. The summed E-state index contributed by atoms with van der Waals surface area (Å²) >= 11 is 0. The Kier molecular flexibility index (Phi) is 5.69. The summed E-state index contributed by atoms with van der Waals surface area (Å²) in [7, 11) is -3.91. The molecule has 0 aliphatic rings. The van der Waals surface area contributed by atoms with Gasteiger partial charge in [0.05, 0.1) is 6.61 Å². The van der Waals surface area contributed by atoms with E-state index < -0.39 is 13.6 Å². The van der Waals surface area contributed by atoms with Gasteiger partial charge in [0.15, 0.2) is 0 Å². The molecule has 0 aromatic rings. The van der Waals surface area contributed by atoms with Crippen molar-refractivity contribution in [3.63, 3.8) is 0 Å². The minimum Gasteiger partial charge on any atom is -0.462 e. The summed E-state index contributed by atoms with van der Waals surface area (Å²) in [6.45, 7) is 5.11. The molecule has 0 saturated heterocycles. The van der Waals surface area contributed by atoms with Gasteiger partial charge >= 0.3 is 13.6 Å². The third-order valence-corrected chi connectivity index (χ3v) is 2.32. The van der Waals surface area contributed by atoms with Gasteiger partial charge in [-0.2, -0.15) is 0 Å². The highest BCUT2D eigenvalue weighted by Gasteiger charge is 2.11. The van der Waals surface area contributed by atoms with Crippen molar-refractivity contribution in [2.45, 2.75) is 19.8 Å². The highest BCUT2D eigenvalue weighted by molar-refractivity contribution is 7.51.